The van der Waals surface area contributed by atoms with Gasteiger partial charge in [-0.2, -0.15) is 0 Å². The van der Waals surface area contributed by atoms with E-state index >= 15 is 0 Å². The zero-order valence-electron chi connectivity index (χ0n) is 12.1. The molecule has 1 heteroatoms. The number of carbonyl (C=O) groups excluding carboxylic acids is 1. The molecular weight excluding hydrogens is 232 g/mol. The van der Waals surface area contributed by atoms with E-state index in [0.717, 1.165) is 19.1 Å². The molecule has 1 aromatic rings. The molecule has 0 amide bonds. The molecule has 0 saturated heterocycles. The quantitative estimate of drug-likeness (QED) is 0.729. The third-order valence-corrected chi connectivity index (χ3v) is 6.15. The molecule has 0 aromatic heterocycles. The summed E-state index contributed by atoms with van der Waals surface area (Å²) in [6.45, 7) is 4.88. The van der Waals surface area contributed by atoms with Gasteiger partial charge in [0.05, 0.1) is 0 Å². The van der Waals surface area contributed by atoms with E-state index in [-0.39, 0.29) is 5.41 Å². The van der Waals surface area contributed by atoms with Crippen molar-refractivity contribution in [2.24, 2.45) is 16.2 Å². The normalized spacial score (nSPS) is 40.5. The van der Waals surface area contributed by atoms with E-state index in [1.807, 2.05) is 0 Å². The van der Waals surface area contributed by atoms with Gasteiger partial charge in [0, 0.05) is 6.42 Å². The van der Waals surface area contributed by atoms with Crippen LogP contribution in [0.4, 0.5) is 0 Å². The lowest BCUT2D eigenvalue weighted by molar-refractivity contribution is -0.109. The largest absolute Gasteiger partial charge is 0.303 e. The van der Waals surface area contributed by atoms with Crippen molar-refractivity contribution in [2.75, 3.05) is 0 Å². The molecule has 3 rings (SSSR count). The predicted octanol–water partition coefficient (Wildman–Crippen LogP) is 4.40. The van der Waals surface area contributed by atoms with Crippen LogP contribution in [0.15, 0.2) is 30.3 Å². The van der Waals surface area contributed by atoms with Gasteiger partial charge in [0.1, 0.15) is 6.29 Å². The van der Waals surface area contributed by atoms with E-state index in [1.165, 1.54) is 31.2 Å². The molecule has 0 heterocycles. The van der Waals surface area contributed by atoms with Crippen LogP contribution in [0.1, 0.15) is 51.5 Å². The number of rotatable bonds is 4. The highest BCUT2D eigenvalue weighted by Gasteiger charge is 2.63. The molecule has 102 valence electrons. The van der Waals surface area contributed by atoms with Crippen LogP contribution < -0.4 is 0 Å². The van der Waals surface area contributed by atoms with Crippen LogP contribution in [0.25, 0.3) is 0 Å². The zero-order valence-corrected chi connectivity index (χ0v) is 12.1. The molecule has 0 N–H and O–H groups in total. The van der Waals surface area contributed by atoms with Crippen LogP contribution >= 0.6 is 0 Å². The van der Waals surface area contributed by atoms with Crippen molar-refractivity contribution < 1.29 is 4.79 Å². The summed E-state index contributed by atoms with van der Waals surface area (Å²) >= 11 is 0. The van der Waals surface area contributed by atoms with Gasteiger partial charge in [0.15, 0.2) is 0 Å². The summed E-state index contributed by atoms with van der Waals surface area (Å²) in [5, 5.41) is 0. The second-order valence-electron chi connectivity index (χ2n) is 7.51. The fourth-order valence-corrected chi connectivity index (χ4v) is 4.85. The van der Waals surface area contributed by atoms with Crippen LogP contribution in [-0.4, -0.2) is 6.29 Å². The van der Waals surface area contributed by atoms with Gasteiger partial charge in [-0.3, -0.25) is 0 Å². The fourth-order valence-electron chi connectivity index (χ4n) is 4.85. The molecule has 2 aliphatic rings. The summed E-state index contributed by atoms with van der Waals surface area (Å²) in [5.41, 5.74) is 2.55. The maximum Gasteiger partial charge on any atom is 0.120 e. The van der Waals surface area contributed by atoms with Crippen molar-refractivity contribution >= 4 is 6.29 Å². The third kappa shape index (κ3) is 1.94. The van der Waals surface area contributed by atoms with E-state index < -0.39 is 0 Å². The van der Waals surface area contributed by atoms with Crippen molar-refractivity contribution in [3.63, 3.8) is 0 Å². The van der Waals surface area contributed by atoms with Crippen molar-refractivity contribution in [1.82, 2.24) is 0 Å². The molecule has 0 radical (unpaired) electrons. The predicted molar refractivity (Wildman–Crippen MR) is 77.9 cm³/mol. The van der Waals surface area contributed by atoms with Gasteiger partial charge in [-0.05, 0) is 53.9 Å². The summed E-state index contributed by atoms with van der Waals surface area (Å²) < 4.78 is 0. The van der Waals surface area contributed by atoms with E-state index in [2.05, 4.69) is 44.2 Å². The second-order valence-corrected chi connectivity index (χ2v) is 7.51. The first-order valence-electron chi connectivity index (χ1n) is 7.49. The van der Waals surface area contributed by atoms with Gasteiger partial charge in [-0.25, -0.2) is 0 Å². The lowest BCUT2D eigenvalue weighted by Crippen LogP contribution is -2.42. The lowest BCUT2D eigenvalue weighted by atomic mass is 9.53. The molecule has 1 nitrogen and oxygen atoms in total. The van der Waals surface area contributed by atoms with Crippen molar-refractivity contribution in [3.05, 3.63) is 35.9 Å². The van der Waals surface area contributed by atoms with Crippen LogP contribution in [0, 0.1) is 16.2 Å². The zero-order chi connectivity index (χ0) is 13.6. The minimum absolute atomic E-state index is 0.211. The number of benzene rings is 1. The molecule has 0 spiro atoms. The van der Waals surface area contributed by atoms with Crippen molar-refractivity contribution in [1.29, 1.82) is 0 Å². The van der Waals surface area contributed by atoms with Crippen LogP contribution in [0.5, 0.6) is 0 Å². The average Bonchev–Trinajstić information content (AvgIpc) is 2.51. The first-order valence-corrected chi connectivity index (χ1v) is 7.49. The summed E-state index contributed by atoms with van der Waals surface area (Å²) in [5.74, 6) is 0. The highest BCUT2D eigenvalue weighted by Crippen LogP contribution is 2.72. The Balaban J connectivity index is 1.87. The van der Waals surface area contributed by atoms with E-state index in [0.29, 0.717) is 10.8 Å². The van der Waals surface area contributed by atoms with Crippen molar-refractivity contribution in [2.45, 2.75) is 52.4 Å². The average molecular weight is 256 g/mol. The number of aldehydes is 1. The molecule has 3 atom stereocenters. The monoisotopic (exact) mass is 256 g/mol. The van der Waals surface area contributed by atoms with Gasteiger partial charge in [-0.1, -0.05) is 44.2 Å². The SMILES string of the molecule is C[C@@]12CC[C@]1(C)C[C@@](CC=O)(Cc1ccccc1)C2. The fraction of sp³-hybridized carbons (Fsp3) is 0.611. The molecule has 0 aliphatic heterocycles. The first-order chi connectivity index (χ1) is 9.01. The Morgan fingerprint density at radius 1 is 1.05 bits per heavy atom. The minimum atomic E-state index is 0.211. The highest BCUT2D eigenvalue weighted by molar-refractivity contribution is 5.51. The smallest absolute Gasteiger partial charge is 0.120 e. The molecule has 0 bridgehead atoms. The van der Waals surface area contributed by atoms with Gasteiger partial charge in [0.2, 0.25) is 0 Å². The number of carbonyl (C=O) groups is 1. The summed E-state index contributed by atoms with van der Waals surface area (Å²) in [6, 6.07) is 10.7. The third-order valence-electron chi connectivity index (χ3n) is 6.15. The van der Waals surface area contributed by atoms with Gasteiger partial charge >= 0.3 is 0 Å². The standard InChI is InChI=1S/C18H24O/c1-16-8-9-17(16,2)14-18(13-16,10-11-19)12-15-6-4-3-5-7-15/h3-7,11H,8-10,12-14H2,1-2H3/t16-,17+,18-. The summed E-state index contributed by atoms with van der Waals surface area (Å²) in [7, 11) is 0. The van der Waals surface area contributed by atoms with E-state index in [4.69, 9.17) is 0 Å². The van der Waals surface area contributed by atoms with Gasteiger partial charge < -0.3 is 4.79 Å². The molecule has 19 heavy (non-hydrogen) atoms. The van der Waals surface area contributed by atoms with Crippen LogP contribution in [-0.2, 0) is 11.2 Å². The highest BCUT2D eigenvalue weighted by atomic mass is 16.1. The summed E-state index contributed by atoms with van der Waals surface area (Å²) in [6.07, 6.45) is 8.09. The Bertz CT molecular complexity index is 460. The maximum absolute atomic E-state index is 11.2. The Morgan fingerprint density at radius 2 is 1.63 bits per heavy atom. The van der Waals surface area contributed by atoms with Gasteiger partial charge in [-0.15, -0.1) is 0 Å². The topological polar surface area (TPSA) is 17.1 Å². The second kappa shape index (κ2) is 4.19. The maximum atomic E-state index is 11.2. The van der Waals surface area contributed by atoms with E-state index in [1.54, 1.807) is 0 Å². The van der Waals surface area contributed by atoms with Crippen LogP contribution in [0.3, 0.4) is 0 Å². The van der Waals surface area contributed by atoms with E-state index in [9.17, 15) is 4.79 Å². The first kappa shape index (κ1) is 12.9. The van der Waals surface area contributed by atoms with Gasteiger partial charge in [0.25, 0.3) is 0 Å². The minimum Gasteiger partial charge on any atom is -0.303 e. The number of fused-ring (bicyclic) bond motifs is 1. The number of hydrogen-bond donors (Lipinski definition) is 0. The molecule has 1 aromatic carbocycles. The molecule has 0 unspecified atom stereocenters. The Morgan fingerprint density at radius 3 is 2.11 bits per heavy atom. The molecule has 2 aliphatic carbocycles. The molecular formula is C18H24O. The Kier molecular flexibility index (Phi) is 2.85. The summed E-state index contributed by atoms with van der Waals surface area (Å²) in [4.78, 5) is 11.2. The molecule has 2 fully saturated rings. The number of hydrogen-bond acceptors (Lipinski definition) is 1. The molecule has 2 saturated carbocycles. The Labute approximate surface area is 116 Å². The Hall–Kier alpha value is -1.11. The van der Waals surface area contributed by atoms with Crippen LogP contribution in [0.2, 0.25) is 0 Å². The lowest BCUT2D eigenvalue weighted by Gasteiger charge is -2.52. The van der Waals surface area contributed by atoms with Crippen molar-refractivity contribution in [3.8, 4) is 0 Å².